The summed E-state index contributed by atoms with van der Waals surface area (Å²) < 4.78 is 4.17. The summed E-state index contributed by atoms with van der Waals surface area (Å²) in [5, 5.41) is 5.71. The van der Waals surface area contributed by atoms with Gasteiger partial charge in [0.05, 0.1) is 20.7 Å². The van der Waals surface area contributed by atoms with Crippen LogP contribution >= 0.6 is 34.9 Å². The molecule has 0 aliphatic carbocycles. The molecule has 0 unspecified atom stereocenters. The molecule has 4 rings (SSSR count). The van der Waals surface area contributed by atoms with Gasteiger partial charge in [0.15, 0.2) is 0 Å². The monoisotopic (exact) mass is 472 g/mol. The van der Waals surface area contributed by atoms with Crippen molar-refractivity contribution in [3.8, 4) is 0 Å². The number of rotatable bonds is 5. The molecule has 7 nitrogen and oxygen atoms in total. The molecule has 2 aromatic carbocycles. The normalized spacial score (nSPS) is 13.0. The summed E-state index contributed by atoms with van der Waals surface area (Å²) in [5.74, 6) is -0.659. The molecule has 10 heteroatoms. The zero-order valence-corrected chi connectivity index (χ0v) is 18.7. The zero-order chi connectivity index (χ0) is 22.0. The first kappa shape index (κ1) is 21.2. The highest BCUT2D eigenvalue weighted by atomic mass is 35.5. The van der Waals surface area contributed by atoms with Crippen molar-refractivity contribution in [1.82, 2.24) is 4.72 Å². The Morgan fingerprint density at radius 3 is 2.48 bits per heavy atom. The number of nitrogens with zero attached hydrogens (tertiary/aromatic N) is 1. The van der Waals surface area contributed by atoms with Crippen molar-refractivity contribution in [1.29, 1.82) is 0 Å². The molecule has 3 N–H and O–H groups in total. The first-order chi connectivity index (χ1) is 14.9. The van der Waals surface area contributed by atoms with Gasteiger partial charge in [-0.05, 0) is 72.1 Å². The predicted molar refractivity (Wildman–Crippen MR) is 125 cm³/mol. The van der Waals surface area contributed by atoms with Crippen LogP contribution in [0.15, 0.2) is 58.8 Å². The second-order valence-electron chi connectivity index (χ2n) is 6.60. The highest BCUT2D eigenvalue weighted by molar-refractivity contribution is 7.99. The van der Waals surface area contributed by atoms with Crippen molar-refractivity contribution >= 4 is 69.8 Å². The number of benzene rings is 2. The standard InChI is InChI=1S/C21H17ClN4O3S2/c1-23-14-4-7-16-12(10-14)11-18(27)26(20(16)28)15-5-2-13(3-6-15)24-21(29)25-31-19-9-8-17(22)30-19/h2-10,23H,11H2,1H3,(H2,24,25,29). The summed E-state index contributed by atoms with van der Waals surface area (Å²) in [4.78, 5) is 38.8. The average Bonchev–Trinajstić information content (AvgIpc) is 3.18. The fourth-order valence-corrected chi connectivity index (χ4v) is 5.00. The van der Waals surface area contributed by atoms with Gasteiger partial charge in [0.1, 0.15) is 0 Å². The Morgan fingerprint density at radius 1 is 1.06 bits per heavy atom. The summed E-state index contributed by atoms with van der Waals surface area (Å²) in [5.41, 5.74) is 3.04. The van der Waals surface area contributed by atoms with Gasteiger partial charge in [-0.3, -0.25) is 14.3 Å². The summed E-state index contributed by atoms with van der Waals surface area (Å²) >= 11 is 8.39. The molecule has 0 atom stereocenters. The molecule has 1 aliphatic heterocycles. The van der Waals surface area contributed by atoms with Crippen LogP contribution in [-0.4, -0.2) is 24.9 Å². The molecule has 4 amide bonds. The highest BCUT2D eigenvalue weighted by Crippen LogP contribution is 2.29. The van der Waals surface area contributed by atoms with E-state index in [0.29, 0.717) is 26.8 Å². The quantitative estimate of drug-likeness (QED) is 0.359. The molecule has 0 saturated heterocycles. The van der Waals surface area contributed by atoms with Crippen molar-refractivity contribution in [2.24, 2.45) is 0 Å². The topological polar surface area (TPSA) is 90.5 Å². The Bertz CT molecular complexity index is 1160. The predicted octanol–water partition coefficient (Wildman–Crippen LogP) is 5.00. The van der Waals surface area contributed by atoms with E-state index in [-0.39, 0.29) is 18.2 Å². The smallest absolute Gasteiger partial charge is 0.329 e. The van der Waals surface area contributed by atoms with Crippen molar-refractivity contribution in [3.63, 3.8) is 0 Å². The third-order valence-corrected chi connectivity index (χ3v) is 6.75. The van der Waals surface area contributed by atoms with Crippen LogP contribution < -0.4 is 20.3 Å². The van der Waals surface area contributed by atoms with Gasteiger partial charge in [0.25, 0.3) is 5.91 Å². The van der Waals surface area contributed by atoms with E-state index in [1.54, 1.807) is 49.5 Å². The number of amides is 4. The third kappa shape index (κ3) is 4.68. The van der Waals surface area contributed by atoms with Crippen LogP contribution in [0.1, 0.15) is 15.9 Å². The number of halogens is 1. The fraction of sp³-hybridized carbons (Fsp3) is 0.0952. The number of carbonyl (C=O) groups excluding carboxylic acids is 3. The molecule has 0 fully saturated rings. The molecule has 31 heavy (non-hydrogen) atoms. The van der Waals surface area contributed by atoms with E-state index in [4.69, 9.17) is 11.6 Å². The van der Waals surface area contributed by atoms with E-state index in [2.05, 4.69) is 15.4 Å². The lowest BCUT2D eigenvalue weighted by Crippen LogP contribution is -2.42. The van der Waals surface area contributed by atoms with Crippen molar-refractivity contribution in [3.05, 3.63) is 70.1 Å². The van der Waals surface area contributed by atoms with E-state index in [1.807, 2.05) is 12.1 Å². The number of fused-ring (bicyclic) bond motifs is 1. The number of hydrogen-bond donors (Lipinski definition) is 3. The van der Waals surface area contributed by atoms with Crippen LogP contribution in [0.25, 0.3) is 0 Å². The largest absolute Gasteiger partial charge is 0.388 e. The van der Waals surface area contributed by atoms with E-state index in [1.165, 1.54) is 16.2 Å². The number of thiophene rings is 1. The minimum atomic E-state index is -0.401. The molecule has 1 aromatic heterocycles. The summed E-state index contributed by atoms with van der Waals surface area (Å²) in [6.07, 6.45) is 0.142. The van der Waals surface area contributed by atoms with Gasteiger partial charge in [0.2, 0.25) is 5.91 Å². The second kappa shape index (κ2) is 9.01. The minimum absolute atomic E-state index is 0.142. The molecule has 1 aliphatic rings. The van der Waals surface area contributed by atoms with E-state index < -0.39 is 6.03 Å². The Labute approximate surface area is 191 Å². The van der Waals surface area contributed by atoms with Gasteiger partial charge in [-0.15, -0.1) is 11.3 Å². The van der Waals surface area contributed by atoms with Gasteiger partial charge < -0.3 is 10.6 Å². The van der Waals surface area contributed by atoms with Crippen molar-refractivity contribution in [2.75, 3.05) is 22.6 Å². The molecule has 158 valence electrons. The van der Waals surface area contributed by atoms with Gasteiger partial charge in [-0.2, -0.15) is 0 Å². The second-order valence-corrected chi connectivity index (χ2v) is 9.42. The summed E-state index contributed by atoms with van der Waals surface area (Å²) in [6.45, 7) is 0. The summed E-state index contributed by atoms with van der Waals surface area (Å²) in [7, 11) is 1.78. The SMILES string of the molecule is CNc1ccc2c(c1)CC(=O)N(c1ccc(NC(=O)NSc3ccc(Cl)s3)cc1)C2=O. The molecular weight excluding hydrogens is 456 g/mol. The van der Waals surface area contributed by atoms with Crippen LogP contribution in [0.2, 0.25) is 4.34 Å². The molecule has 0 bridgehead atoms. The maximum absolute atomic E-state index is 12.9. The Hall–Kier alpha value is -3.01. The first-order valence-corrected chi connectivity index (χ1v) is 11.2. The summed E-state index contributed by atoms with van der Waals surface area (Å²) in [6, 6.07) is 15.1. The van der Waals surface area contributed by atoms with Gasteiger partial charge >= 0.3 is 6.03 Å². The average molecular weight is 473 g/mol. The number of carbonyl (C=O) groups is 3. The lowest BCUT2D eigenvalue weighted by molar-refractivity contribution is -0.117. The van der Waals surface area contributed by atoms with Crippen molar-refractivity contribution in [2.45, 2.75) is 10.6 Å². The molecule has 0 radical (unpaired) electrons. The molecule has 0 saturated carbocycles. The first-order valence-electron chi connectivity index (χ1n) is 9.22. The maximum Gasteiger partial charge on any atom is 0.329 e. The van der Waals surface area contributed by atoms with Gasteiger partial charge in [0, 0.05) is 24.0 Å². The Kier molecular flexibility index (Phi) is 6.17. The van der Waals surface area contributed by atoms with Crippen LogP contribution in [0.5, 0.6) is 0 Å². The van der Waals surface area contributed by atoms with E-state index in [0.717, 1.165) is 21.8 Å². The van der Waals surface area contributed by atoms with Crippen LogP contribution in [0.4, 0.5) is 21.9 Å². The minimum Gasteiger partial charge on any atom is -0.388 e. The Balaban J connectivity index is 1.43. The molecule has 2 heterocycles. The Morgan fingerprint density at radius 2 is 1.81 bits per heavy atom. The van der Waals surface area contributed by atoms with Crippen LogP contribution in [0, 0.1) is 0 Å². The van der Waals surface area contributed by atoms with Gasteiger partial charge in [-0.25, -0.2) is 9.69 Å². The number of anilines is 3. The number of urea groups is 1. The molecule has 0 spiro atoms. The van der Waals surface area contributed by atoms with E-state index in [9.17, 15) is 14.4 Å². The van der Waals surface area contributed by atoms with Gasteiger partial charge in [-0.1, -0.05) is 11.6 Å². The van der Waals surface area contributed by atoms with Crippen molar-refractivity contribution < 1.29 is 14.4 Å². The zero-order valence-electron chi connectivity index (χ0n) is 16.3. The van der Waals surface area contributed by atoms with Crippen LogP contribution in [-0.2, 0) is 11.2 Å². The van der Waals surface area contributed by atoms with E-state index >= 15 is 0 Å². The highest BCUT2D eigenvalue weighted by Gasteiger charge is 2.32. The fourth-order valence-electron chi connectivity index (χ4n) is 3.14. The van der Waals surface area contributed by atoms with Crippen LogP contribution in [0.3, 0.4) is 0 Å². The third-order valence-electron chi connectivity index (χ3n) is 4.59. The molecular formula is C21H17ClN4O3S2. The lowest BCUT2D eigenvalue weighted by atomic mass is 9.97. The molecule has 3 aromatic rings. The number of hydrogen-bond acceptors (Lipinski definition) is 6. The maximum atomic E-state index is 12.9. The lowest BCUT2D eigenvalue weighted by Gasteiger charge is -2.27. The number of imide groups is 1. The number of nitrogens with one attached hydrogen (secondary N) is 3.